The lowest BCUT2D eigenvalue weighted by Gasteiger charge is -2.20. The van der Waals surface area contributed by atoms with Gasteiger partial charge in [0.05, 0.1) is 6.54 Å². The van der Waals surface area contributed by atoms with Crippen molar-refractivity contribution >= 4 is 23.1 Å². The first kappa shape index (κ1) is 18.5. The molecule has 2 bridgehead atoms. The standard InChI is InChI=1S/C22H27NO3S/c1-14-8-20(15(2)23(14)12-19-4-3-7-27-19)21(24)13-26-22(25)11-18-10-16-5-6-17(18)9-16/h3-4,7-8,16-18H,5-6,9-13H2,1-2H3/t16-,17-,18-/m1/s1. The van der Waals surface area contributed by atoms with Crippen LogP contribution in [-0.2, 0) is 16.1 Å². The molecule has 0 N–H and O–H groups in total. The van der Waals surface area contributed by atoms with Crippen LogP contribution in [0.1, 0.15) is 58.7 Å². The van der Waals surface area contributed by atoms with Gasteiger partial charge in [-0.15, -0.1) is 11.3 Å². The lowest BCUT2D eigenvalue weighted by molar-refractivity contribution is -0.144. The maximum Gasteiger partial charge on any atom is 0.306 e. The van der Waals surface area contributed by atoms with E-state index in [1.807, 2.05) is 26.0 Å². The number of nitrogens with zero attached hydrogens (tertiary/aromatic N) is 1. The molecule has 0 amide bonds. The summed E-state index contributed by atoms with van der Waals surface area (Å²) < 4.78 is 7.49. The molecule has 2 heterocycles. The van der Waals surface area contributed by atoms with Gasteiger partial charge in [0, 0.05) is 28.2 Å². The van der Waals surface area contributed by atoms with Gasteiger partial charge >= 0.3 is 5.97 Å². The molecule has 0 aliphatic heterocycles. The van der Waals surface area contributed by atoms with Crippen LogP contribution in [0.4, 0.5) is 0 Å². The average Bonchev–Trinajstić information content (AvgIpc) is 3.42. The van der Waals surface area contributed by atoms with Crippen LogP contribution >= 0.6 is 11.3 Å². The normalized spacial score (nSPS) is 23.7. The van der Waals surface area contributed by atoms with Crippen LogP contribution in [0.5, 0.6) is 0 Å². The molecule has 144 valence electrons. The topological polar surface area (TPSA) is 48.3 Å². The van der Waals surface area contributed by atoms with Crippen LogP contribution in [0.3, 0.4) is 0 Å². The lowest BCUT2D eigenvalue weighted by atomic mass is 9.86. The Bertz CT molecular complexity index is 836. The summed E-state index contributed by atoms with van der Waals surface area (Å²) in [6, 6.07) is 6.05. The summed E-state index contributed by atoms with van der Waals surface area (Å²) in [6.45, 7) is 4.60. The molecule has 0 spiro atoms. The molecule has 0 aromatic carbocycles. The summed E-state index contributed by atoms with van der Waals surface area (Å²) >= 11 is 1.71. The van der Waals surface area contributed by atoms with Gasteiger partial charge in [-0.05, 0) is 68.4 Å². The molecule has 3 atom stereocenters. The molecule has 2 saturated carbocycles. The van der Waals surface area contributed by atoms with Gasteiger partial charge in [-0.25, -0.2) is 0 Å². The quantitative estimate of drug-likeness (QED) is 0.510. The van der Waals surface area contributed by atoms with Crippen molar-refractivity contribution in [3.63, 3.8) is 0 Å². The lowest BCUT2D eigenvalue weighted by Crippen LogP contribution is -2.20. The fourth-order valence-corrected chi connectivity index (χ4v) is 5.70. The molecule has 2 aromatic rings. The van der Waals surface area contributed by atoms with E-state index in [1.54, 1.807) is 11.3 Å². The zero-order chi connectivity index (χ0) is 19.0. The molecule has 2 aliphatic rings. The number of carbonyl (C=O) groups is 2. The highest BCUT2D eigenvalue weighted by Crippen LogP contribution is 2.49. The van der Waals surface area contributed by atoms with Crippen molar-refractivity contribution in [1.82, 2.24) is 4.57 Å². The van der Waals surface area contributed by atoms with Crippen molar-refractivity contribution in [3.05, 3.63) is 45.4 Å². The number of aromatic nitrogens is 1. The number of aryl methyl sites for hydroxylation is 1. The maximum absolute atomic E-state index is 12.6. The average molecular weight is 386 g/mol. The van der Waals surface area contributed by atoms with Crippen LogP contribution in [0.25, 0.3) is 0 Å². The van der Waals surface area contributed by atoms with Gasteiger partial charge in [0.1, 0.15) is 0 Å². The minimum absolute atomic E-state index is 0.109. The van der Waals surface area contributed by atoms with Crippen molar-refractivity contribution in [1.29, 1.82) is 0 Å². The highest BCUT2D eigenvalue weighted by Gasteiger charge is 2.40. The van der Waals surface area contributed by atoms with E-state index >= 15 is 0 Å². The Hall–Kier alpha value is -1.88. The summed E-state index contributed by atoms with van der Waals surface area (Å²) in [4.78, 5) is 26.1. The Morgan fingerprint density at radius 3 is 2.78 bits per heavy atom. The van der Waals surface area contributed by atoms with E-state index in [1.165, 1.54) is 24.1 Å². The highest BCUT2D eigenvalue weighted by molar-refractivity contribution is 7.09. The number of hydrogen-bond acceptors (Lipinski definition) is 4. The summed E-state index contributed by atoms with van der Waals surface area (Å²) in [5, 5.41) is 2.06. The van der Waals surface area contributed by atoms with Gasteiger partial charge in [-0.1, -0.05) is 12.5 Å². The number of hydrogen-bond donors (Lipinski definition) is 0. The number of esters is 1. The first-order valence-corrected chi connectivity index (χ1v) is 10.8. The third-order valence-corrected chi connectivity index (χ3v) is 7.31. The summed E-state index contributed by atoms with van der Waals surface area (Å²) in [5.41, 5.74) is 2.66. The molecule has 2 aromatic heterocycles. The largest absolute Gasteiger partial charge is 0.457 e. The summed E-state index contributed by atoms with van der Waals surface area (Å²) in [6.07, 6.45) is 5.52. The molecule has 0 radical (unpaired) electrons. The first-order chi connectivity index (χ1) is 13.0. The molecular weight excluding hydrogens is 358 g/mol. The number of carbonyl (C=O) groups excluding carboxylic acids is 2. The fourth-order valence-electron chi connectivity index (χ4n) is 5.01. The van der Waals surface area contributed by atoms with Gasteiger partial charge in [0.2, 0.25) is 5.78 Å². The predicted octanol–water partition coefficient (Wildman–Crippen LogP) is 4.77. The molecule has 0 saturated heterocycles. The molecule has 0 unspecified atom stereocenters. The number of fused-ring (bicyclic) bond motifs is 2. The van der Waals surface area contributed by atoms with E-state index in [0.29, 0.717) is 23.8 Å². The minimum Gasteiger partial charge on any atom is -0.457 e. The predicted molar refractivity (Wildman–Crippen MR) is 106 cm³/mol. The second-order valence-electron chi connectivity index (χ2n) is 8.17. The number of ether oxygens (including phenoxy) is 1. The van der Waals surface area contributed by atoms with E-state index < -0.39 is 0 Å². The maximum atomic E-state index is 12.6. The molecule has 2 aliphatic carbocycles. The Morgan fingerprint density at radius 1 is 1.26 bits per heavy atom. The van der Waals surface area contributed by atoms with E-state index in [2.05, 4.69) is 16.0 Å². The molecule has 2 fully saturated rings. The Labute approximate surface area is 164 Å². The zero-order valence-electron chi connectivity index (χ0n) is 16.1. The Kier molecular flexibility index (Phi) is 5.22. The van der Waals surface area contributed by atoms with E-state index in [4.69, 9.17) is 4.74 Å². The highest BCUT2D eigenvalue weighted by atomic mass is 32.1. The monoisotopic (exact) mass is 385 g/mol. The van der Waals surface area contributed by atoms with E-state index in [0.717, 1.165) is 30.3 Å². The van der Waals surface area contributed by atoms with Gasteiger partial charge in [-0.2, -0.15) is 0 Å². The van der Waals surface area contributed by atoms with Crippen LogP contribution in [0.2, 0.25) is 0 Å². The summed E-state index contributed by atoms with van der Waals surface area (Å²) in [7, 11) is 0. The first-order valence-electron chi connectivity index (χ1n) is 9.89. The van der Waals surface area contributed by atoms with Crippen LogP contribution < -0.4 is 0 Å². The minimum atomic E-state index is -0.215. The van der Waals surface area contributed by atoms with Crippen LogP contribution in [-0.4, -0.2) is 22.9 Å². The van der Waals surface area contributed by atoms with Crippen LogP contribution in [0.15, 0.2) is 23.6 Å². The Balaban J connectivity index is 1.33. The Morgan fingerprint density at radius 2 is 2.11 bits per heavy atom. The third kappa shape index (κ3) is 3.88. The molecular formula is C22H27NO3S. The third-order valence-electron chi connectivity index (χ3n) is 6.45. The SMILES string of the molecule is Cc1cc(C(=O)COC(=O)C[C@H]2C[C@@H]3CC[C@@H]2C3)c(C)n1Cc1cccs1. The fraction of sp³-hybridized carbons (Fsp3) is 0.545. The van der Waals surface area contributed by atoms with Crippen molar-refractivity contribution in [2.45, 2.75) is 52.5 Å². The zero-order valence-corrected chi connectivity index (χ0v) is 16.9. The number of rotatable bonds is 7. The number of ketones is 1. The molecule has 4 nitrogen and oxygen atoms in total. The molecule has 5 heteroatoms. The van der Waals surface area contributed by atoms with Gasteiger partial charge in [0.15, 0.2) is 6.61 Å². The number of Topliss-reactive ketones (excluding diaryl/α,β-unsaturated/α-hetero) is 1. The summed E-state index contributed by atoms with van der Waals surface area (Å²) in [5.74, 6) is 1.68. The second kappa shape index (κ2) is 7.63. The smallest absolute Gasteiger partial charge is 0.306 e. The second-order valence-corrected chi connectivity index (χ2v) is 9.21. The molecule has 4 rings (SSSR count). The van der Waals surface area contributed by atoms with Gasteiger partial charge in [-0.3, -0.25) is 9.59 Å². The van der Waals surface area contributed by atoms with Crippen LogP contribution in [0, 0.1) is 31.6 Å². The van der Waals surface area contributed by atoms with E-state index in [9.17, 15) is 9.59 Å². The number of thiophene rings is 1. The van der Waals surface area contributed by atoms with E-state index in [-0.39, 0.29) is 18.4 Å². The van der Waals surface area contributed by atoms with Crippen molar-refractivity contribution in [2.24, 2.45) is 17.8 Å². The van der Waals surface area contributed by atoms with Crippen molar-refractivity contribution < 1.29 is 14.3 Å². The molecule has 27 heavy (non-hydrogen) atoms. The van der Waals surface area contributed by atoms with Crippen molar-refractivity contribution in [3.8, 4) is 0 Å². The van der Waals surface area contributed by atoms with Gasteiger partial charge < -0.3 is 9.30 Å². The van der Waals surface area contributed by atoms with Crippen molar-refractivity contribution in [2.75, 3.05) is 6.61 Å². The van der Waals surface area contributed by atoms with Gasteiger partial charge in [0.25, 0.3) is 0 Å².